The third-order valence-corrected chi connectivity index (χ3v) is 5.45. The number of thiazole rings is 1. The molecule has 1 saturated heterocycles. The lowest BCUT2D eigenvalue weighted by Crippen LogP contribution is -2.39. The number of likely N-dealkylation sites (tertiary alicyclic amines) is 1. The van der Waals surface area contributed by atoms with E-state index in [-0.39, 0.29) is 5.91 Å². The van der Waals surface area contributed by atoms with Crippen molar-refractivity contribution in [2.75, 3.05) is 13.1 Å². The minimum absolute atomic E-state index is 0.0143. The van der Waals surface area contributed by atoms with Gasteiger partial charge in [0.2, 0.25) is 0 Å². The summed E-state index contributed by atoms with van der Waals surface area (Å²) in [6, 6.07) is 7.76. The molecule has 3 aromatic rings. The number of hydrogen-bond acceptors (Lipinski definition) is 4. The van der Waals surface area contributed by atoms with Crippen molar-refractivity contribution < 1.29 is 4.79 Å². The van der Waals surface area contributed by atoms with E-state index >= 15 is 0 Å². The minimum atomic E-state index is 0.0143. The van der Waals surface area contributed by atoms with Crippen LogP contribution in [0.4, 0.5) is 0 Å². The van der Waals surface area contributed by atoms with Gasteiger partial charge in [0, 0.05) is 35.5 Å². The van der Waals surface area contributed by atoms with Crippen molar-refractivity contribution in [1.29, 1.82) is 0 Å². The quantitative estimate of drug-likeness (QED) is 0.785. The van der Waals surface area contributed by atoms with E-state index in [0.29, 0.717) is 11.6 Å². The molecule has 3 heterocycles. The van der Waals surface area contributed by atoms with Crippen molar-refractivity contribution in [3.05, 3.63) is 46.0 Å². The van der Waals surface area contributed by atoms with E-state index < -0.39 is 0 Å². The summed E-state index contributed by atoms with van der Waals surface area (Å²) in [5, 5.41) is 9.23. The van der Waals surface area contributed by atoms with Crippen LogP contribution in [0.1, 0.15) is 39.1 Å². The fraction of sp³-hybridized carbons (Fsp3) is 0.353. The molecule has 0 radical (unpaired) electrons. The monoisotopic (exact) mass is 326 g/mol. The summed E-state index contributed by atoms with van der Waals surface area (Å²) in [6.07, 6.45) is 4.03. The molecule has 1 unspecified atom stereocenters. The Balaban J connectivity index is 1.58. The van der Waals surface area contributed by atoms with Gasteiger partial charge in [-0.25, -0.2) is 4.98 Å². The first-order valence-corrected chi connectivity index (χ1v) is 8.69. The highest BCUT2D eigenvalue weighted by molar-refractivity contribution is 7.11. The largest absolute Gasteiger partial charge is 0.337 e. The molecule has 0 bridgehead atoms. The highest BCUT2D eigenvalue weighted by Gasteiger charge is 2.29. The highest BCUT2D eigenvalue weighted by atomic mass is 32.1. The van der Waals surface area contributed by atoms with Crippen LogP contribution >= 0.6 is 11.3 Å². The Morgan fingerprint density at radius 1 is 1.39 bits per heavy atom. The first-order chi connectivity index (χ1) is 11.2. The maximum atomic E-state index is 12.9. The molecule has 1 atom stereocenters. The average molecular weight is 326 g/mol. The van der Waals surface area contributed by atoms with Crippen LogP contribution in [0.3, 0.4) is 0 Å². The number of nitrogens with one attached hydrogen (secondary N) is 1. The summed E-state index contributed by atoms with van der Waals surface area (Å²) in [6.45, 7) is 3.59. The van der Waals surface area contributed by atoms with Crippen molar-refractivity contribution in [2.45, 2.75) is 25.7 Å². The number of aromatic nitrogens is 3. The lowest BCUT2D eigenvalue weighted by atomic mass is 9.98. The number of aryl methyl sites for hydroxylation is 1. The molecule has 1 fully saturated rings. The van der Waals surface area contributed by atoms with Gasteiger partial charge in [-0.1, -0.05) is 18.2 Å². The zero-order valence-electron chi connectivity index (χ0n) is 13.0. The van der Waals surface area contributed by atoms with Crippen LogP contribution in [-0.4, -0.2) is 39.1 Å². The number of amides is 1. The molecule has 1 N–H and O–H groups in total. The smallest absolute Gasteiger partial charge is 0.275 e. The van der Waals surface area contributed by atoms with Crippen molar-refractivity contribution in [3.63, 3.8) is 0 Å². The molecule has 2 aromatic heterocycles. The maximum Gasteiger partial charge on any atom is 0.275 e. The van der Waals surface area contributed by atoms with Gasteiger partial charge in [0.05, 0.1) is 10.5 Å². The number of piperidine rings is 1. The van der Waals surface area contributed by atoms with Gasteiger partial charge in [0.25, 0.3) is 5.91 Å². The van der Waals surface area contributed by atoms with Gasteiger partial charge in [-0.05, 0) is 25.8 Å². The van der Waals surface area contributed by atoms with E-state index in [1.807, 2.05) is 35.4 Å². The second-order valence-electron chi connectivity index (χ2n) is 6.02. The number of para-hydroxylation sites is 1. The average Bonchev–Trinajstić information content (AvgIpc) is 3.20. The van der Waals surface area contributed by atoms with E-state index in [4.69, 9.17) is 0 Å². The molecule has 1 amide bonds. The predicted molar refractivity (Wildman–Crippen MR) is 90.8 cm³/mol. The molecule has 4 rings (SSSR count). The zero-order valence-corrected chi connectivity index (χ0v) is 13.8. The van der Waals surface area contributed by atoms with Gasteiger partial charge in [0.1, 0.15) is 0 Å². The molecular weight excluding hydrogens is 308 g/mol. The first kappa shape index (κ1) is 14.4. The van der Waals surface area contributed by atoms with Crippen molar-refractivity contribution in [3.8, 4) is 0 Å². The third kappa shape index (κ3) is 2.63. The molecule has 1 aliphatic rings. The summed E-state index contributed by atoms with van der Waals surface area (Å²) in [5.41, 5.74) is 1.43. The highest BCUT2D eigenvalue weighted by Crippen LogP contribution is 2.30. The van der Waals surface area contributed by atoms with E-state index in [9.17, 15) is 4.79 Å². The Bertz CT molecular complexity index is 853. The summed E-state index contributed by atoms with van der Waals surface area (Å²) < 4.78 is 0. The van der Waals surface area contributed by atoms with Gasteiger partial charge >= 0.3 is 0 Å². The molecule has 23 heavy (non-hydrogen) atoms. The number of rotatable bonds is 2. The Morgan fingerprint density at radius 3 is 3.09 bits per heavy atom. The Kier molecular flexibility index (Phi) is 3.61. The van der Waals surface area contributed by atoms with Crippen LogP contribution < -0.4 is 0 Å². The van der Waals surface area contributed by atoms with Gasteiger partial charge < -0.3 is 4.90 Å². The normalized spacial score (nSPS) is 18.5. The van der Waals surface area contributed by atoms with Gasteiger partial charge in [-0.2, -0.15) is 5.10 Å². The van der Waals surface area contributed by atoms with E-state index in [0.717, 1.165) is 41.8 Å². The summed E-state index contributed by atoms with van der Waals surface area (Å²) in [7, 11) is 0. The fourth-order valence-corrected chi connectivity index (χ4v) is 4.10. The summed E-state index contributed by atoms with van der Waals surface area (Å²) in [5.74, 6) is 0.358. The number of fused-ring (bicyclic) bond motifs is 1. The lowest BCUT2D eigenvalue weighted by Gasteiger charge is -2.31. The molecule has 0 saturated carbocycles. The van der Waals surface area contributed by atoms with E-state index in [1.165, 1.54) is 4.88 Å². The number of carbonyl (C=O) groups excluding carboxylic acids is 1. The van der Waals surface area contributed by atoms with Crippen molar-refractivity contribution in [1.82, 2.24) is 20.1 Å². The molecule has 118 valence electrons. The topological polar surface area (TPSA) is 61.9 Å². The minimum Gasteiger partial charge on any atom is -0.337 e. The molecule has 6 heteroatoms. The zero-order chi connectivity index (χ0) is 15.8. The molecule has 5 nitrogen and oxygen atoms in total. The summed E-state index contributed by atoms with van der Waals surface area (Å²) >= 11 is 1.74. The van der Waals surface area contributed by atoms with Crippen LogP contribution in [0.15, 0.2) is 30.5 Å². The maximum absolute atomic E-state index is 12.9. The van der Waals surface area contributed by atoms with Crippen LogP contribution in [0, 0.1) is 6.92 Å². The number of nitrogens with zero attached hydrogens (tertiary/aromatic N) is 3. The van der Waals surface area contributed by atoms with Gasteiger partial charge in [-0.3, -0.25) is 9.89 Å². The number of hydrogen-bond donors (Lipinski definition) is 1. The Labute approximate surface area is 138 Å². The third-order valence-electron chi connectivity index (χ3n) is 4.37. The van der Waals surface area contributed by atoms with Gasteiger partial charge in [-0.15, -0.1) is 11.3 Å². The van der Waals surface area contributed by atoms with Crippen LogP contribution in [0.5, 0.6) is 0 Å². The molecule has 1 aliphatic heterocycles. The van der Waals surface area contributed by atoms with Gasteiger partial charge in [0.15, 0.2) is 5.69 Å². The number of carbonyl (C=O) groups is 1. The second-order valence-corrected chi connectivity index (χ2v) is 7.28. The second kappa shape index (κ2) is 5.77. The van der Waals surface area contributed by atoms with Crippen LogP contribution in [0.25, 0.3) is 10.9 Å². The fourth-order valence-electron chi connectivity index (χ4n) is 3.20. The number of aromatic amines is 1. The van der Waals surface area contributed by atoms with E-state index in [1.54, 1.807) is 11.3 Å². The Morgan fingerprint density at radius 2 is 2.26 bits per heavy atom. The molecule has 0 aliphatic carbocycles. The molecule has 0 spiro atoms. The lowest BCUT2D eigenvalue weighted by molar-refractivity contribution is 0.0703. The number of benzene rings is 1. The van der Waals surface area contributed by atoms with Crippen LogP contribution in [0.2, 0.25) is 0 Å². The summed E-state index contributed by atoms with van der Waals surface area (Å²) in [4.78, 5) is 20.5. The van der Waals surface area contributed by atoms with Crippen LogP contribution in [-0.2, 0) is 0 Å². The SMILES string of the molecule is Cc1cnc(C2CCCN(C(=O)c3n[nH]c4ccccc34)C2)s1. The molecular formula is C17H18N4OS. The van der Waals surface area contributed by atoms with Crippen molar-refractivity contribution >= 4 is 28.1 Å². The molecule has 1 aromatic carbocycles. The van der Waals surface area contributed by atoms with Crippen molar-refractivity contribution in [2.24, 2.45) is 0 Å². The predicted octanol–water partition coefficient (Wildman–Crippen LogP) is 3.35. The van der Waals surface area contributed by atoms with E-state index in [2.05, 4.69) is 22.1 Å². The standard InChI is InChI=1S/C17H18N4OS/c1-11-9-18-16(23-11)12-5-4-8-21(10-12)17(22)15-13-6-2-3-7-14(13)19-20-15/h2-3,6-7,9,12H,4-5,8,10H2,1H3,(H,19,20). The number of H-pyrrole nitrogens is 1. The Hall–Kier alpha value is -2.21. The first-order valence-electron chi connectivity index (χ1n) is 7.87.